The van der Waals surface area contributed by atoms with E-state index in [-0.39, 0.29) is 6.04 Å². The van der Waals surface area contributed by atoms with Gasteiger partial charge < -0.3 is 15.2 Å². The summed E-state index contributed by atoms with van der Waals surface area (Å²) in [4.78, 5) is 2.46. The predicted molar refractivity (Wildman–Crippen MR) is 81.4 cm³/mol. The van der Waals surface area contributed by atoms with Gasteiger partial charge in [-0.15, -0.1) is 0 Å². The van der Waals surface area contributed by atoms with Crippen molar-refractivity contribution in [1.82, 2.24) is 4.90 Å². The van der Waals surface area contributed by atoms with Crippen LogP contribution in [0.4, 0.5) is 0 Å². The lowest BCUT2D eigenvalue weighted by Crippen LogP contribution is -2.31. The zero-order chi connectivity index (χ0) is 14.4. The Morgan fingerprint density at radius 3 is 2.60 bits per heavy atom. The maximum atomic E-state index is 5.99. The van der Waals surface area contributed by atoms with Gasteiger partial charge in [0.1, 0.15) is 0 Å². The molecular formula is C16H26N2O2. The molecule has 0 amide bonds. The van der Waals surface area contributed by atoms with Crippen molar-refractivity contribution in [1.29, 1.82) is 0 Å². The zero-order valence-corrected chi connectivity index (χ0v) is 12.6. The largest absolute Gasteiger partial charge is 0.493 e. The fourth-order valence-corrected chi connectivity index (χ4v) is 2.77. The standard InChI is InChI=1S/C16H26N2O2/c1-3-10-20-16-11-13(6-7-15(16)19-2)14(12-17)18-8-4-5-9-18/h6-7,11,14H,3-5,8-10,12,17H2,1-2H3. The van der Waals surface area contributed by atoms with Crippen molar-refractivity contribution in [2.24, 2.45) is 5.73 Å². The summed E-state index contributed by atoms with van der Waals surface area (Å²) in [5, 5.41) is 0. The SMILES string of the molecule is CCCOc1cc(C(CN)N2CCCC2)ccc1OC. The summed E-state index contributed by atoms with van der Waals surface area (Å²) in [7, 11) is 1.68. The van der Waals surface area contributed by atoms with Gasteiger partial charge in [-0.3, -0.25) is 4.90 Å². The third-order valence-electron chi connectivity index (χ3n) is 3.84. The average molecular weight is 278 g/mol. The molecule has 112 valence electrons. The van der Waals surface area contributed by atoms with Crippen molar-refractivity contribution in [3.63, 3.8) is 0 Å². The van der Waals surface area contributed by atoms with Gasteiger partial charge in [0.05, 0.1) is 13.7 Å². The van der Waals surface area contributed by atoms with Gasteiger partial charge in [0.15, 0.2) is 11.5 Å². The minimum absolute atomic E-state index is 0.285. The van der Waals surface area contributed by atoms with E-state index in [0.29, 0.717) is 13.2 Å². The highest BCUT2D eigenvalue weighted by Crippen LogP contribution is 2.33. The van der Waals surface area contributed by atoms with Crippen LogP contribution in [0.25, 0.3) is 0 Å². The molecule has 0 aromatic heterocycles. The Kier molecular flexibility index (Phi) is 5.68. The summed E-state index contributed by atoms with van der Waals surface area (Å²) in [5.74, 6) is 1.61. The molecule has 1 heterocycles. The summed E-state index contributed by atoms with van der Waals surface area (Å²) in [6.07, 6.45) is 3.53. The highest BCUT2D eigenvalue weighted by Gasteiger charge is 2.23. The Bertz CT molecular complexity index is 417. The first-order valence-electron chi connectivity index (χ1n) is 7.55. The van der Waals surface area contributed by atoms with E-state index >= 15 is 0 Å². The van der Waals surface area contributed by atoms with Crippen LogP contribution in [0.15, 0.2) is 18.2 Å². The molecule has 4 heteroatoms. The second-order valence-corrected chi connectivity index (χ2v) is 5.25. The van der Waals surface area contributed by atoms with Crippen molar-refractivity contribution in [2.45, 2.75) is 32.2 Å². The lowest BCUT2D eigenvalue weighted by Gasteiger charge is -2.27. The highest BCUT2D eigenvalue weighted by atomic mass is 16.5. The quantitative estimate of drug-likeness (QED) is 0.833. The molecule has 1 unspecified atom stereocenters. The molecule has 1 aromatic rings. The fourth-order valence-electron chi connectivity index (χ4n) is 2.77. The van der Waals surface area contributed by atoms with Crippen LogP contribution in [0.5, 0.6) is 11.5 Å². The number of rotatable bonds is 7. The monoisotopic (exact) mass is 278 g/mol. The Balaban J connectivity index is 2.21. The predicted octanol–water partition coefficient (Wildman–Crippen LogP) is 2.58. The first kappa shape index (κ1) is 15.1. The molecule has 1 aliphatic rings. The van der Waals surface area contributed by atoms with Crippen molar-refractivity contribution < 1.29 is 9.47 Å². The minimum Gasteiger partial charge on any atom is -0.493 e. The van der Waals surface area contributed by atoms with Crippen LogP contribution in [-0.4, -0.2) is 38.3 Å². The van der Waals surface area contributed by atoms with Gasteiger partial charge in [-0.25, -0.2) is 0 Å². The Labute approximate surface area is 121 Å². The van der Waals surface area contributed by atoms with E-state index in [0.717, 1.165) is 31.0 Å². The summed E-state index contributed by atoms with van der Waals surface area (Å²) in [6, 6.07) is 6.46. The number of nitrogens with two attached hydrogens (primary N) is 1. The average Bonchev–Trinajstić information content (AvgIpc) is 3.00. The summed E-state index contributed by atoms with van der Waals surface area (Å²) in [6.45, 7) is 5.72. The Morgan fingerprint density at radius 1 is 1.25 bits per heavy atom. The molecule has 1 saturated heterocycles. The van der Waals surface area contributed by atoms with Crippen LogP contribution in [0.1, 0.15) is 37.8 Å². The number of methoxy groups -OCH3 is 1. The molecule has 1 aromatic carbocycles. The lowest BCUT2D eigenvalue weighted by molar-refractivity contribution is 0.249. The first-order valence-corrected chi connectivity index (χ1v) is 7.55. The van der Waals surface area contributed by atoms with Gasteiger partial charge >= 0.3 is 0 Å². The molecule has 1 fully saturated rings. The van der Waals surface area contributed by atoms with Crippen LogP contribution in [-0.2, 0) is 0 Å². The van der Waals surface area contributed by atoms with Gasteiger partial charge in [-0.1, -0.05) is 13.0 Å². The molecule has 0 radical (unpaired) electrons. The normalized spacial score (nSPS) is 17.1. The number of hydrogen-bond donors (Lipinski definition) is 1. The number of likely N-dealkylation sites (tertiary alicyclic amines) is 1. The van der Waals surface area contributed by atoms with Crippen molar-refractivity contribution in [3.8, 4) is 11.5 Å². The molecule has 0 aliphatic carbocycles. The number of ether oxygens (including phenoxy) is 2. The van der Waals surface area contributed by atoms with E-state index in [1.807, 2.05) is 6.07 Å². The fraction of sp³-hybridized carbons (Fsp3) is 0.625. The molecule has 2 N–H and O–H groups in total. The maximum Gasteiger partial charge on any atom is 0.161 e. The van der Waals surface area contributed by atoms with Gasteiger partial charge in [0, 0.05) is 12.6 Å². The van der Waals surface area contributed by atoms with E-state index in [4.69, 9.17) is 15.2 Å². The maximum absolute atomic E-state index is 5.99. The topological polar surface area (TPSA) is 47.7 Å². The van der Waals surface area contributed by atoms with Crippen molar-refractivity contribution in [2.75, 3.05) is 33.4 Å². The minimum atomic E-state index is 0.285. The Morgan fingerprint density at radius 2 is 2.00 bits per heavy atom. The Hall–Kier alpha value is -1.26. The molecule has 2 rings (SSSR count). The summed E-state index contributed by atoms with van der Waals surface area (Å²) >= 11 is 0. The molecule has 0 saturated carbocycles. The second-order valence-electron chi connectivity index (χ2n) is 5.25. The van der Waals surface area contributed by atoms with Crippen LogP contribution < -0.4 is 15.2 Å². The van der Waals surface area contributed by atoms with Crippen LogP contribution in [0.2, 0.25) is 0 Å². The van der Waals surface area contributed by atoms with Gasteiger partial charge in [0.25, 0.3) is 0 Å². The molecule has 20 heavy (non-hydrogen) atoms. The van der Waals surface area contributed by atoms with Crippen LogP contribution in [0, 0.1) is 0 Å². The van der Waals surface area contributed by atoms with Gasteiger partial charge in [-0.05, 0) is 50.0 Å². The molecule has 4 nitrogen and oxygen atoms in total. The van der Waals surface area contributed by atoms with E-state index in [1.54, 1.807) is 7.11 Å². The van der Waals surface area contributed by atoms with E-state index in [9.17, 15) is 0 Å². The lowest BCUT2D eigenvalue weighted by atomic mass is 10.0. The highest BCUT2D eigenvalue weighted by molar-refractivity contribution is 5.44. The number of benzene rings is 1. The molecule has 0 bridgehead atoms. The van der Waals surface area contributed by atoms with Crippen LogP contribution in [0.3, 0.4) is 0 Å². The molecule has 0 spiro atoms. The van der Waals surface area contributed by atoms with Crippen molar-refractivity contribution >= 4 is 0 Å². The van der Waals surface area contributed by atoms with Crippen LogP contribution >= 0.6 is 0 Å². The molecule has 1 aliphatic heterocycles. The summed E-state index contributed by atoms with van der Waals surface area (Å²) in [5.41, 5.74) is 7.22. The second kappa shape index (κ2) is 7.50. The third kappa shape index (κ3) is 3.44. The molecule has 1 atom stereocenters. The van der Waals surface area contributed by atoms with Crippen molar-refractivity contribution in [3.05, 3.63) is 23.8 Å². The smallest absolute Gasteiger partial charge is 0.161 e. The third-order valence-corrected chi connectivity index (χ3v) is 3.84. The van der Waals surface area contributed by atoms with Gasteiger partial charge in [-0.2, -0.15) is 0 Å². The summed E-state index contributed by atoms with van der Waals surface area (Å²) < 4.78 is 11.2. The number of nitrogens with zero attached hydrogens (tertiary/aromatic N) is 1. The van der Waals surface area contributed by atoms with E-state index in [1.165, 1.54) is 18.4 Å². The first-order chi connectivity index (χ1) is 9.80. The van der Waals surface area contributed by atoms with Gasteiger partial charge in [0.2, 0.25) is 0 Å². The van der Waals surface area contributed by atoms with E-state index < -0.39 is 0 Å². The number of hydrogen-bond acceptors (Lipinski definition) is 4. The zero-order valence-electron chi connectivity index (χ0n) is 12.6. The van der Waals surface area contributed by atoms with E-state index in [2.05, 4.69) is 24.0 Å². The molecular weight excluding hydrogens is 252 g/mol.